The van der Waals surface area contributed by atoms with Gasteiger partial charge >= 0.3 is 0 Å². The molecular formula is C18H21ClO. The molecule has 2 aromatic carbocycles. The van der Waals surface area contributed by atoms with Crippen molar-refractivity contribution in [1.82, 2.24) is 0 Å². The number of hydrogen-bond acceptors (Lipinski definition) is 1. The molecule has 2 heteroatoms. The maximum atomic E-state index is 6.74. The second-order valence-electron chi connectivity index (χ2n) is 5.20. The van der Waals surface area contributed by atoms with Gasteiger partial charge in [0.25, 0.3) is 0 Å². The minimum atomic E-state index is -0.184. The fourth-order valence-electron chi connectivity index (χ4n) is 2.35. The number of aryl methyl sites for hydroxylation is 3. The Morgan fingerprint density at radius 2 is 1.55 bits per heavy atom. The van der Waals surface area contributed by atoms with Crippen LogP contribution >= 0.6 is 11.6 Å². The fourth-order valence-corrected chi connectivity index (χ4v) is 2.76. The molecule has 2 aromatic rings. The molecule has 20 heavy (non-hydrogen) atoms. The summed E-state index contributed by atoms with van der Waals surface area (Å²) in [6.45, 7) is 8.90. The summed E-state index contributed by atoms with van der Waals surface area (Å²) < 4.78 is 5.72. The molecule has 0 aliphatic heterocycles. The topological polar surface area (TPSA) is 9.23 Å². The van der Waals surface area contributed by atoms with Crippen LogP contribution in [0, 0.1) is 20.8 Å². The van der Waals surface area contributed by atoms with E-state index < -0.39 is 0 Å². The molecule has 106 valence electrons. The molecule has 1 nitrogen and oxygen atoms in total. The first-order valence-electron chi connectivity index (χ1n) is 6.97. The number of ether oxygens (including phenoxy) is 1. The van der Waals surface area contributed by atoms with Crippen LogP contribution in [0.2, 0.25) is 0 Å². The first-order chi connectivity index (χ1) is 9.52. The van der Waals surface area contributed by atoms with Crippen molar-refractivity contribution in [3.8, 4) is 5.75 Å². The molecule has 0 aliphatic carbocycles. The average molecular weight is 289 g/mol. The normalized spacial score (nSPS) is 12.2. The van der Waals surface area contributed by atoms with Crippen LogP contribution in [0.25, 0.3) is 0 Å². The first kappa shape index (κ1) is 14.9. The smallest absolute Gasteiger partial charge is 0.124 e. The van der Waals surface area contributed by atoms with Gasteiger partial charge in [-0.2, -0.15) is 0 Å². The molecule has 2 rings (SSSR count). The average Bonchev–Trinajstić information content (AvgIpc) is 2.43. The van der Waals surface area contributed by atoms with Gasteiger partial charge in [-0.25, -0.2) is 0 Å². The van der Waals surface area contributed by atoms with Crippen molar-refractivity contribution < 1.29 is 4.74 Å². The Kier molecular flexibility index (Phi) is 4.72. The second kappa shape index (κ2) is 6.32. The zero-order chi connectivity index (χ0) is 14.7. The second-order valence-corrected chi connectivity index (χ2v) is 5.63. The highest BCUT2D eigenvalue weighted by Gasteiger charge is 2.18. The highest BCUT2D eigenvalue weighted by molar-refractivity contribution is 6.23. The lowest BCUT2D eigenvalue weighted by Crippen LogP contribution is -2.02. The summed E-state index contributed by atoms with van der Waals surface area (Å²) in [4.78, 5) is 0. The number of benzene rings is 2. The molecule has 0 amide bonds. The van der Waals surface area contributed by atoms with Gasteiger partial charge < -0.3 is 4.74 Å². The monoisotopic (exact) mass is 288 g/mol. The first-order valence-corrected chi connectivity index (χ1v) is 7.41. The summed E-state index contributed by atoms with van der Waals surface area (Å²) in [5.74, 6) is 0.874. The molecule has 0 fully saturated rings. The minimum Gasteiger partial charge on any atom is -0.494 e. The van der Waals surface area contributed by atoms with Crippen LogP contribution in [0.3, 0.4) is 0 Å². The van der Waals surface area contributed by atoms with Crippen LogP contribution in [-0.4, -0.2) is 6.61 Å². The Hall–Kier alpha value is -1.47. The summed E-state index contributed by atoms with van der Waals surface area (Å²) in [5.41, 5.74) is 5.82. The predicted molar refractivity (Wildman–Crippen MR) is 86.0 cm³/mol. The summed E-state index contributed by atoms with van der Waals surface area (Å²) in [7, 11) is 0. The van der Waals surface area contributed by atoms with E-state index in [1.165, 1.54) is 16.7 Å². The number of hydrogen-bond donors (Lipinski definition) is 0. The van der Waals surface area contributed by atoms with Gasteiger partial charge in [0, 0.05) is 5.56 Å². The van der Waals surface area contributed by atoms with Crippen molar-refractivity contribution in [3.63, 3.8) is 0 Å². The van der Waals surface area contributed by atoms with Gasteiger partial charge in [-0.15, -0.1) is 11.6 Å². The van der Waals surface area contributed by atoms with E-state index in [4.69, 9.17) is 16.3 Å². The molecule has 0 bridgehead atoms. The van der Waals surface area contributed by atoms with Gasteiger partial charge in [-0.05, 0) is 44.9 Å². The molecule has 0 aliphatic rings. The standard InChI is InChI=1S/C18H21ClO/c1-5-20-17-9-7-13(3)11-16(17)18(19)15-10-12(2)6-8-14(15)4/h6-11,18H,5H2,1-4H3. The van der Waals surface area contributed by atoms with Crippen LogP contribution in [0.4, 0.5) is 0 Å². The maximum Gasteiger partial charge on any atom is 0.124 e. The fraction of sp³-hybridized carbons (Fsp3) is 0.333. The Morgan fingerprint density at radius 3 is 2.20 bits per heavy atom. The van der Waals surface area contributed by atoms with Crippen molar-refractivity contribution >= 4 is 11.6 Å². The van der Waals surface area contributed by atoms with Crippen molar-refractivity contribution in [2.45, 2.75) is 33.1 Å². The van der Waals surface area contributed by atoms with E-state index in [0.29, 0.717) is 6.61 Å². The molecule has 0 spiro atoms. The van der Waals surface area contributed by atoms with E-state index in [9.17, 15) is 0 Å². The van der Waals surface area contributed by atoms with Crippen LogP contribution in [-0.2, 0) is 0 Å². The predicted octanol–water partition coefficient (Wildman–Crippen LogP) is 5.34. The lowest BCUT2D eigenvalue weighted by atomic mass is 9.96. The Morgan fingerprint density at radius 1 is 0.950 bits per heavy atom. The summed E-state index contributed by atoms with van der Waals surface area (Å²) in [6, 6.07) is 12.6. The summed E-state index contributed by atoms with van der Waals surface area (Å²) in [6.07, 6.45) is 0. The third-order valence-electron chi connectivity index (χ3n) is 3.45. The molecule has 0 aromatic heterocycles. The third-order valence-corrected chi connectivity index (χ3v) is 3.92. The van der Waals surface area contributed by atoms with Crippen LogP contribution in [0.15, 0.2) is 36.4 Å². The number of rotatable bonds is 4. The van der Waals surface area contributed by atoms with Crippen LogP contribution < -0.4 is 4.74 Å². The molecule has 0 radical (unpaired) electrons. The van der Waals surface area contributed by atoms with Crippen molar-refractivity contribution in [3.05, 3.63) is 64.2 Å². The van der Waals surface area contributed by atoms with Crippen molar-refractivity contribution in [2.24, 2.45) is 0 Å². The number of alkyl halides is 1. The maximum absolute atomic E-state index is 6.74. The Labute approximate surface area is 126 Å². The molecule has 1 atom stereocenters. The molecule has 0 heterocycles. The highest BCUT2D eigenvalue weighted by atomic mass is 35.5. The Bertz CT molecular complexity index is 604. The van der Waals surface area contributed by atoms with E-state index in [-0.39, 0.29) is 5.38 Å². The Balaban J connectivity index is 2.49. The molecule has 1 unspecified atom stereocenters. The molecule has 0 saturated heterocycles. The quantitative estimate of drug-likeness (QED) is 0.690. The molecular weight excluding hydrogens is 268 g/mol. The lowest BCUT2D eigenvalue weighted by molar-refractivity contribution is 0.337. The van der Waals surface area contributed by atoms with Crippen LogP contribution in [0.5, 0.6) is 5.75 Å². The number of halogens is 1. The van der Waals surface area contributed by atoms with E-state index in [0.717, 1.165) is 16.9 Å². The minimum absolute atomic E-state index is 0.184. The van der Waals surface area contributed by atoms with Gasteiger partial charge in [0.05, 0.1) is 12.0 Å². The highest BCUT2D eigenvalue weighted by Crippen LogP contribution is 2.37. The van der Waals surface area contributed by atoms with Gasteiger partial charge in [0.2, 0.25) is 0 Å². The van der Waals surface area contributed by atoms with E-state index in [1.807, 2.05) is 13.0 Å². The summed E-state index contributed by atoms with van der Waals surface area (Å²) >= 11 is 6.74. The van der Waals surface area contributed by atoms with Crippen molar-refractivity contribution in [1.29, 1.82) is 0 Å². The third kappa shape index (κ3) is 3.16. The van der Waals surface area contributed by atoms with Crippen molar-refractivity contribution in [2.75, 3.05) is 6.61 Å². The van der Waals surface area contributed by atoms with E-state index >= 15 is 0 Å². The van der Waals surface area contributed by atoms with E-state index in [2.05, 4.69) is 51.1 Å². The summed E-state index contributed by atoms with van der Waals surface area (Å²) in [5, 5.41) is -0.184. The molecule has 0 saturated carbocycles. The van der Waals surface area contributed by atoms with Gasteiger partial charge in [0.1, 0.15) is 5.75 Å². The van der Waals surface area contributed by atoms with Gasteiger partial charge in [-0.1, -0.05) is 41.5 Å². The largest absolute Gasteiger partial charge is 0.494 e. The van der Waals surface area contributed by atoms with Crippen LogP contribution in [0.1, 0.15) is 40.1 Å². The van der Waals surface area contributed by atoms with E-state index in [1.54, 1.807) is 0 Å². The van der Waals surface area contributed by atoms with Gasteiger partial charge in [-0.3, -0.25) is 0 Å². The lowest BCUT2D eigenvalue weighted by Gasteiger charge is -2.18. The SMILES string of the molecule is CCOc1ccc(C)cc1C(Cl)c1cc(C)ccc1C. The molecule has 0 N–H and O–H groups in total. The zero-order valence-corrected chi connectivity index (χ0v) is 13.3. The zero-order valence-electron chi connectivity index (χ0n) is 12.5. The van der Waals surface area contributed by atoms with Gasteiger partial charge in [0.15, 0.2) is 0 Å².